The second-order valence-electron chi connectivity index (χ2n) is 5.72. The van der Waals surface area contributed by atoms with Gasteiger partial charge in [-0.2, -0.15) is 5.10 Å². The molecule has 0 radical (unpaired) electrons. The smallest absolute Gasteiger partial charge is 0.267 e. The number of nitrogens with one attached hydrogen (secondary N) is 1. The molecule has 25 heavy (non-hydrogen) atoms. The molecule has 1 atom stereocenters. The minimum Gasteiger partial charge on any atom is -0.323 e. The highest BCUT2D eigenvalue weighted by molar-refractivity contribution is 5.93. The molecule has 0 fully saturated rings. The predicted octanol–water partition coefficient (Wildman–Crippen LogP) is 1.64. The van der Waals surface area contributed by atoms with E-state index in [0.29, 0.717) is 11.5 Å². The number of nitrogens with zero attached hydrogens (tertiary/aromatic N) is 5. The first kappa shape index (κ1) is 16.6. The van der Waals surface area contributed by atoms with Gasteiger partial charge < -0.3 is 5.32 Å². The van der Waals surface area contributed by atoms with Gasteiger partial charge in [0.2, 0.25) is 5.91 Å². The molecule has 8 heteroatoms. The quantitative estimate of drug-likeness (QED) is 0.780. The number of hydrogen-bond donors (Lipinski definition) is 1. The van der Waals surface area contributed by atoms with Crippen molar-refractivity contribution in [3.8, 4) is 5.82 Å². The maximum atomic E-state index is 12.4. The number of aryl methyl sites for hydroxylation is 2. The summed E-state index contributed by atoms with van der Waals surface area (Å²) in [4.78, 5) is 28.5. The largest absolute Gasteiger partial charge is 0.323 e. The first-order valence-electron chi connectivity index (χ1n) is 7.80. The van der Waals surface area contributed by atoms with E-state index in [0.717, 1.165) is 16.1 Å². The molecule has 1 amide bonds. The Morgan fingerprint density at radius 2 is 2.00 bits per heavy atom. The summed E-state index contributed by atoms with van der Waals surface area (Å²) in [7, 11) is 0. The standard InChI is InChI=1S/C17H18N6O2/c1-11-9-12(2)22(20-11)15-6-7-16(24)23(21-15)13(3)17(25)19-14-5-4-8-18-10-14/h4-10,13H,1-3H3,(H,19,25). The van der Waals surface area contributed by atoms with Gasteiger partial charge >= 0.3 is 0 Å². The SMILES string of the molecule is Cc1cc(C)n(-c2ccc(=O)n(C(C)C(=O)Nc3cccnc3)n2)n1. The Hall–Kier alpha value is -3.29. The fourth-order valence-electron chi connectivity index (χ4n) is 2.46. The number of pyridine rings is 1. The van der Waals surface area contributed by atoms with E-state index in [1.807, 2.05) is 19.9 Å². The van der Waals surface area contributed by atoms with Crippen LogP contribution in [-0.4, -0.2) is 30.5 Å². The minimum absolute atomic E-state index is 0.354. The summed E-state index contributed by atoms with van der Waals surface area (Å²) < 4.78 is 2.79. The Morgan fingerprint density at radius 1 is 1.20 bits per heavy atom. The third-order valence-corrected chi connectivity index (χ3v) is 3.71. The summed E-state index contributed by atoms with van der Waals surface area (Å²) in [6.07, 6.45) is 3.15. The number of rotatable bonds is 4. The minimum atomic E-state index is -0.787. The van der Waals surface area contributed by atoms with Gasteiger partial charge in [0.25, 0.3) is 5.56 Å². The molecule has 128 valence electrons. The van der Waals surface area contributed by atoms with Crippen LogP contribution in [0, 0.1) is 13.8 Å². The molecule has 1 N–H and O–H groups in total. The predicted molar refractivity (Wildman–Crippen MR) is 92.7 cm³/mol. The summed E-state index contributed by atoms with van der Waals surface area (Å²) in [5.41, 5.74) is 1.93. The van der Waals surface area contributed by atoms with Crippen LogP contribution in [0.2, 0.25) is 0 Å². The molecule has 0 bridgehead atoms. The first-order valence-corrected chi connectivity index (χ1v) is 7.80. The fourth-order valence-corrected chi connectivity index (χ4v) is 2.46. The van der Waals surface area contributed by atoms with Gasteiger partial charge in [0.15, 0.2) is 5.82 Å². The summed E-state index contributed by atoms with van der Waals surface area (Å²) in [6, 6.07) is 7.53. The second kappa shape index (κ2) is 6.68. The van der Waals surface area contributed by atoms with Crippen LogP contribution in [0.15, 0.2) is 47.5 Å². The lowest BCUT2D eigenvalue weighted by atomic mass is 10.3. The Labute approximate surface area is 144 Å². The lowest BCUT2D eigenvalue weighted by Crippen LogP contribution is -2.33. The summed E-state index contributed by atoms with van der Waals surface area (Å²) in [6.45, 7) is 5.39. The highest BCUT2D eigenvalue weighted by Crippen LogP contribution is 2.11. The topological polar surface area (TPSA) is 94.7 Å². The van der Waals surface area contributed by atoms with Gasteiger partial charge in [0, 0.05) is 18.0 Å². The van der Waals surface area contributed by atoms with Gasteiger partial charge in [-0.15, -0.1) is 5.10 Å². The number of carbonyl (C=O) groups excluding carboxylic acids is 1. The molecule has 1 unspecified atom stereocenters. The maximum absolute atomic E-state index is 12.4. The van der Waals surface area contributed by atoms with Gasteiger partial charge in [-0.1, -0.05) is 0 Å². The molecule has 3 heterocycles. The fraction of sp³-hybridized carbons (Fsp3) is 0.235. The van der Waals surface area contributed by atoms with Crippen molar-refractivity contribution in [3.63, 3.8) is 0 Å². The van der Waals surface area contributed by atoms with E-state index < -0.39 is 6.04 Å². The zero-order valence-corrected chi connectivity index (χ0v) is 14.2. The van der Waals surface area contributed by atoms with Crippen LogP contribution >= 0.6 is 0 Å². The number of hydrogen-bond acceptors (Lipinski definition) is 5. The van der Waals surface area contributed by atoms with E-state index in [2.05, 4.69) is 20.5 Å². The van der Waals surface area contributed by atoms with Crippen molar-refractivity contribution in [2.24, 2.45) is 0 Å². The van der Waals surface area contributed by atoms with Crippen molar-refractivity contribution in [1.29, 1.82) is 0 Å². The third kappa shape index (κ3) is 3.47. The van der Waals surface area contributed by atoms with Crippen LogP contribution in [-0.2, 0) is 4.79 Å². The second-order valence-corrected chi connectivity index (χ2v) is 5.72. The lowest BCUT2D eigenvalue weighted by molar-refractivity contribution is -0.119. The molecule has 3 rings (SSSR count). The van der Waals surface area contributed by atoms with Gasteiger partial charge in [-0.3, -0.25) is 14.6 Å². The highest BCUT2D eigenvalue weighted by atomic mass is 16.2. The van der Waals surface area contributed by atoms with Crippen molar-refractivity contribution < 1.29 is 4.79 Å². The molecular formula is C17H18N6O2. The number of carbonyl (C=O) groups is 1. The Bertz CT molecular complexity index is 961. The van der Waals surface area contributed by atoms with Gasteiger partial charge in [0.1, 0.15) is 6.04 Å². The Balaban J connectivity index is 1.91. The van der Waals surface area contributed by atoms with Crippen LogP contribution in [0.25, 0.3) is 5.82 Å². The molecule has 3 aromatic rings. The zero-order chi connectivity index (χ0) is 18.0. The van der Waals surface area contributed by atoms with E-state index in [1.165, 1.54) is 12.3 Å². The molecule has 0 aliphatic rings. The molecule has 0 saturated carbocycles. The van der Waals surface area contributed by atoms with Crippen molar-refractivity contribution >= 4 is 11.6 Å². The molecular weight excluding hydrogens is 320 g/mol. The molecule has 0 aliphatic carbocycles. The van der Waals surface area contributed by atoms with Crippen molar-refractivity contribution in [1.82, 2.24) is 24.5 Å². The number of anilines is 1. The molecule has 0 aliphatic heterocycles. The van der Waals surface area contributed by atoms with Crippen LogP contribution in [0.3, 0.4) is 0 Å². The first-order chi connectivity index (χ1) is 12.0. The molecule has 0 aromatic carbocycles. The van der Waals surface area contributed by atoms with Crippen LogP contribution < -0.4 is 10.9 Å². The number of aromatic nitrogens is 5. The van der Waals surface area contributed by atoms with E-state index >= 15 is 0 Å². The van der Waals surface area contributed by atoms with Gasteiger partial charge in [-0.05, 0) is 45.0 Å². The lowest BCUT2D eigenvalue weighted by Gasteiger charge is -2.15. The van der Waals surface area contributed by atoms with E-state index in [-0.39, 0.29) is 11.5 Å². The zero-order valence-electron chi connectivity index (χ0n) is 14.2. The third-order valence-electron chi connectivity index (χ3n) is 3.71. The molecule has 0 spiro atoms. The van der Waals surface area contributed by atoms with Crippen LogP contribution in [0.5, 0.6) is 0 Å². The van der Waals surface area contributed by atoms with E-state index in [4.69, 9.17) is 0 Å². The summed E-state index contributed by atoms with van der Waals surface area (Å²) in [5.74, 6) is 0.124. The number of amides is 1. The average molecular weight is 338 g/mol. The summed E-state index contributed by atoms with van der Waals surface area (Å²) >= 11 is 0. The van der Waals surface area contributed by atoms with Crippen molar-refractivity contribution in [2.75, 3.05) is 5.32 Å². The van der Waals surface area contributed by atoms with Gasteiger partial charge in [0.05, 0.1) is 17.6 Å². The monoisotopic (exact) mass is 338 g/mol. The normalized spacial score (nSPS) is 12.0. The Morgan fingerprint density at radius 3 is 2.64 bits per heavy atom. The van der Waals surface area contributed by atoms with Crippen molar-refractivity contribution in [3.05, 3.63) is 64.5 Å². The Kier molecular flexibility index (Phi) is 4.42. The van der Waals surface area contributed by atoms with Crippen molar-refractivity contribution in [2.45, 2.75) is 26.8 Å². The van der Waals surface area contributed by atoms with Crippen LogP contribution in [0.1, 0.15) is 24.4 Å². The highest BCUT2D eigenvalue weighted by Gasteiger charge is 2.19. The maximum Gasteiger partial charge on any atom is 0.267 e. The summed E-state index contributed by atoms with van der Waals surface area (Å²) in [5, 5.41) is 11.4. The molecule has 8 nitrogen and oxygen atoms in total. The molecule has 0 saturated heterocycles. The average Bonchev–Trinajstić information content (AvgIpc) is 2.94. The van der Waals surface area contributed by atoms with Crippen LogP contribution in [0.4, 0.5) is 5.69 Å². The van der Waals surface area contributed by atoms with E-state index in [1.54, 1.807) is 36.0 Å². The van der Waals surface area contributed by atoms with E-state index in [9.17, 15) is 9.59 Å². The van der Waals surface area contributed by atoms with Gasteiger partial charge in [-0.25, -0.2) is 9.36 Å². The molecule has 3 aromatic heterocycles.